The number of hydrogen-bond acceptors (Lipinski definition) is 3. The van der Waals surface area contributed by atoms with E-state index in [2.05, 4.69) is 0 Å². The minimum Gasteiger partial charge on any atom is -0.392 e. The van der Waals surface area contributed by atoms with Crippen LogP contribution in [0.15, 0.2) is 24.3 Å². The van der Waals surface area contributed by atoms with E-state index in [4.69, 9.17) is 9.84 Å². The van der Waals surface area contributed by atoms with Crippen LogP contribution in [0.3, 0.4) is 0 Å². The predicted octanol–water partition coefficient (Wildman–Crippen LogP) is 1.96. The molecular formula is C14H20O3. The van der Waals surface area contributed by atoms with Gasteiger partial charge in [0.15, 0.2) is 5.78 Å². The van der Waals surface area contributed by atoms with Gasteiger partial charge >= 0.3 is 0 Å². The van der Waals surface area contributed by atoms with Gasteiger partial charge in [-0.3, -0.25) is 4.79 Å². The summed E-state index contributed by atoms with van der Waals surface area (Å²) in [6.45, 7) is 4.57. The van der Waals surface area contributed by atoms with Crippen LogP contribution in [0, 0.1) is 5.92 Å². The van der Waals surface area contributed by atoms with Gasteiger partial charge in [0.1, 0.15) is 6.61 Å². The van der Waals surface area contributed by atoms with Crippen molar-refractivity contribution in [2.75, 3.05) is 13.2 Å². The lowest BCUT2D eigenvalue weighted by Gasteiger charge is -2.06. The molecule has 3 nitrogen and oxygen atoms in total. The van der Waals surface area contributed by atoms with Crippen LogP contribution in [-0.4, -0.2) is 24.1 Å². The van der Waals surface area contributed by atoms with Crippen LogP contribution in [0.2, 0.25) is 0 Å². The summed E-state index contributed by atoms with van der Waals surface area (Å²) in [7, 11) is 0. The van der Waals surface area contributed by atoms with Crippen LogP contribution >= 0.6 is 0 Å². The predicted molar refractivity (Wildman–Crippen MR) is 66.7 cm³/mol. The molecule has 0 aliphatic heterocycles. The highest BCUT2D eigenvalue weighted by molar-refractivity contribution is 5.81. The third-order valence-corrected chi connectivity index (χ3v) is 2.63. The molecule has 94 valence electrons. The first kappa shape index (κ1) is 13.9. The highest BCUT2D eigenvalue weighted by Crippen LogP contribution is 2.05. The zero-order valence-electron chi connectivity index (χ0n) is 10.5. The molecule has 0 amide bonds. The van der Waals surface area contributed by atoms with Gasteiger partial charge in [0.05, 0.1) is 13.2 Å². The Hall–Kier alpha value is -1.19. The van der Waals surface area contributed by atoms with Crippen molar-refractivity contribution in [1.29, 1.82) is 0 Å². The monoisotopic (exact) mass is 236 g/mol. The van der Waals surface area contributed by atoms with Crippen LogP contribution in [-0.2, 0) is 22.6 Å². The average molecular weight is 236 g/mol. The van der Waals surface area contributed by atoms with E-state index < -0.39 is 0 Å². The number of Topliss-reactive ketones (excluding diaryl/α,β-unsaturated/α-hetero) is 1. The second-order valence-corrected chi connectivity index (χ2v) is 4.40. The van der Waals surface area contributed by atoms with Crippen molar-refractivity contribution in [2.24, 2.45) is 5.92 Å². The fourth-order valence-corrected chi connectivity index (χ4v) is 1.34. The second-order valence-electron chi connectivity index (χ2n) is 4.40. The highest BCUT2D eigenvalue weighted by atomic mass is 16.5. The van der Waals surface area contributed by atoms with Crippen LogP contribution < -0.4 is 0 Å². The molecule has 0 aliphatic rings. The molecule has 0 aromatic heterocycles. The maximum atomic E-state index is 11.3. The summed E-state index contributed by atoms with van der Waals surface area (Å²) < 4.78 is 5.32. The van der Waals surface area contributed by atoms with E-state index in [0.29, 0.717) is 6.61 Å². The first-order valence-electron chi connectivity index (χ1n) is 5.92. The Bertz CT molecular complexity index is 341. The number of carbonyl (C=O) groups excluding carboxylic acids is 1. The summed E-state index contributed by atoms with van der Waals surface area (Å²) in [5.74, 6) is 0.180. The smallest absolute Gasteiger partial charge is 0.160 e. The van der Waals surface area contributed by atoms with E-state index >= 15 is 0 Å². The molecule has 0 heterocycles. The third-order valence-electron chi connectivity index (χ3n) is 2.63. The minimum absolute atomic E-state index is 0.0406. The van der Waals surface area contributed by atoms with Crippen molar-refractivity contribution >= 4 is 5.78 Å². The van der Waals surface area contributed by atoms with Gasteiger partial charge in [-0.05, 0) is 17.5 Å². The summed E-state index contributed by atoms with van der Waals surface area (Å²) in [4.78, 5) is 11.3. The van der Waals surface area contributed by atoms with E-state index in [9.17, 15) is 4.79 Å². The van der Waals surface area contributed by atoms with Gasteiger partial charge in [0, 0.05) is 5.92 Å². The Morgan fingerprint density at radius 3 is 2.35 bits per heavy atom. The third kappa shape index (κ3) is 5.11. The number of ether oxygens (including phenoxy) is 1. The van der Waals surface area contributed by atoms with Crippen molar-refractivity contribution in [1.82, 2.24) is 0 Å². The molecule has 1 rings (SSSR count). The van der Waals surface area contributed by atoms with E-state index in [1.165, 1.54) is 0 Å². The zero-order chi connectivity index (χ0) is 12.7. The largest absolute Gasteiger partial charge is 0.392 e. The maximum Gasteiger partial charge on any atom is 0.160 e. The molecule has 1 aromatic carbocycles. The number of aliphatic hydroxyl groups is 1. The molecule has 0 saturated heterocycles. The van der Waals surface area contributed by atoms with Crippen LogP contribution in [0.5, 0.6) is 0 Å². The van der Waals surface area contributed by atoms with Crippen molar-refractivity contribution < 1.29 is 14.6 Å². The van der Waals surface area contributed by atoms with Gasteiger partial charge in [-0.15, -0.1) is 0 Å². The summed E-state index contributed by atoms with van der Waals surface area (Å²) in [5.41, 5.74) is 2.06. The number of rotatable bonds is 7. The van der Waals surface area contributed by atoms with Gasteiger partial charge in [0.25, 0.3) is 0 Å². The lowest BCUT2D eigenvalue weighted by Crippen LogP contribution is -2.15. The Morgan fingerprint density at radius 1 is 1.24 bits per heavy atom. The molecular weight excluding hydrogens is 216 g/mol. The fraction of sp³-hybridized carbons (Fsp3) is 0.500. The number of ketones is 1. The van der Waals surface area contributed by atoms with Gasteiger partial charge in [0.2, 0.25) is 0 Å². The Morgan fingerprint density at radius 2 is 1.82 bits per heavy atom. The first-order valence-corrected chi connectivity index (χ1v) is 5.92. The van der Waals surface area contributed by atoms with Crippen molar-refractivity contribution in [2.45, 2.75) is 26.9 Å². The maximum absolute atomic E-state index is 11.3. The molecule has 0 aliphatic carbocycles. The van der Waals surface area contributed by atoms with Gasteiger partial charge in [-0.2, -0.15) is 0 Å². The molecule has 0 radical (unpaired) electrons. The van der Waals surface area contributed by atoms with Crippen molar-refractivity contribution in [3.8, 4) is 0 Å². The quantitative estimate of drug-likeness (QED) is 0.736. The van der Waals surface area contributed by atoms with E-state index in [-0.39, 0.29) is 24.9 Å². The summed E-state index contributed by atoms with van der Waals surface area (Å²) in [5, 5.41) is 8.89. The molecule has 1 aromatic rings. The number of carbonyl (C=O) groups is 1. The normalized spacial score (nSPS) is 10.8. The van der Waals surface area contributed by atoms with Crippen molar-refractivity contribution in [3.05, 3.63) is 35.4 Å². The van der Waals surface area contributed by atoms with E-state index in [1.807, 2.05) is 38.1 Å². The van der Waals surface area contributed by atoms with Gasteiger partial charge in [-0.1, -0.05) is 38.1 Å². The molecule has 17 heavy (non-hydrogen) atoms. The highest BCUT2D eigenvalue weighted by Gasteiger charge is 2.06. The Kier molecular flexibility index (Phi) is 5.87. The molecule has 0 spiro atoms. The van der Waals surface area contributed by atoms with Crippen molar-refractivity contribution in [3.63, 3.8) is 0 Å². The lowest BCUT2D eigenvalue weighted by molar-refractivity contribution is -0.126. The van der Waals surface area contributed by atoms with Crippen LogP contribution in [0.4, 0.5) is 0 Å². The van der Waals surface area contributed by atoms with Gasteiger partial charge in [-0.25, -0.2) is 0 Å². The fourth-order valence-electron chi connectivity index (χ4n) is 1.34. The molecule has 3 heteroatoms. The van der Waals surface area contributed by atoms with E-state index in [0.717, 1.165) is 17.5 Å². The number of hydrogen-bond donors (Lipinski definition) is 1. The topological polar surface area (TPSA) is 46.5 Å². The zero-order valence-corrected chi connectivity index (χ0v) is 10.5. The molecule has 0 unspecified atom stereocenters. The lowest BCUT2D eigenvalue weighted by atomic mass is 10.1. The molecule has 0 bridgehead atoms. The van der Waals surface area contributed by atoms with Crippen LogP contribution in [0.1, 0.15) is 25.0 Å². The molecule has 0 atom stereocenters. The SMILES string of the molecule is CC(C)C(=O)COCCc1ccc(CO)cc1. The summed E-state index contributed by atoms with van der Waals surface area (Å²) in [6.07, 6.45) is 0.789. The molecule has 0 fully saturated rings. The summed E-state index contributed by atoms with van der Waals surface area (Å²) >= 11 is 0. The minimum atomic E-state index is 0.0406. The molecule has 0 saturated carbocycles. The van der Waals surface area contributed by atoms with E-state index in [1.54, 1.807) is 0 Å². The number of benzene rings is 1. The Balaban J connectivity index is 2.24. The summed E-state index contributed by atoms with van der Waals surface area (Å²) in [6, 6.07) is 7.74. The van der Waals surface area contributed by atoms with Crippen LogP contribution in [0.25, 0.3) is 0 Å². The second kappa shape index (κ2) is 7.20. The Labute approximate surface area is 102 Å². The average Bonchev–Trinajstić information content (AvgIpc) is 2.35. The van der Waals surface area contributed by atoms with Gasteiger partial charge < -0.3 is 9.84 Å². The molecule has 1 N–H and O–H groups in total. The standard InChI is InChI=1S/C14H20O3/c1-11(2)14(16)10-17-8-7-12-3-5-13(9-15)6-4-12/h3-6,11,15H,7-10H2,1-2H3. The number of aliphatic hydroxyl groups excluding tert-OH is 1. The first-order chi connectivity index (χ1) is 8.13.